The lowest BCUT2D eigenvalue weighted by atomic mass is 10.1. The Kier molecular flexibility index (Phi) is 3.49. The van der Waals surface area contributed by atoms with Gasteiger partial charge in [0.05, 0.1) is 16.8 Å². The smallest absolute Gasteiger partial charge is 0.325 e. The number of nitrogens with one attached hydrogen (secondary N) is 2. The molecular weight excluding hydrogens is 326 g/mol. The van der Waals surface area contributed by atoms with Crippen molar-refractivity contribution < 1.29 is 0 Å². The molecule has 2 N–H and O–H groups in total. The first-order chi connectivity index (χ1) is 11.6. The number of nitrogens with zero attached hydrogens (tertiary/aromatic N) is 3. The lowest BCUT2D eigenvalue weighted by Gasteiger charge is -2.29. The predicted octanol–water partition coefficient (Wildman–Crippen LogP) is 1.50. The van der Waals surface area contributed by atoms with Crippen LogP contribution in [0.2, 0.25) is 0 Å². The second-order valence-electron chi connectivity index (χ2n) is 5.95. The van der Waals surface area contributed by atoms with Gasteiger partial charge in [0.25, 0.3) is 5.56 Å². The van der Waals surface area contributed by atoms with Gasteiger partial charge in [-0.25, -0.2) is 14.8 Å². The van der Waals surface area contributed by atoms with Gasteiger partial charge in [0.2, 0.25) is 0 Å². The Morgan fingerprint density at radius 3 is 2.92 bits per heavy atom. The highest BCUT2D eigenvalue weighted by Gasteiger charge is 2.24. The second-order valence-corrected chi connectivity index (χ2v) is 6.83. The summed E-state index contributed by atoms with van der Waals surface area (Å²) < 4.78 is 1.06. The standard InChI is InChI=1S/C16H17N5O2S/c1-3-11-18-12-8(2)7-24-13(12)14(19-11)21-5-4-9-10(6-21)17-16(23)20-15(9)22/h7H,3-6H2,1-2H3,(H2,17,20,22,23). The summed E-state index contributed by atoms with van der Waals surface area (Å²) in [5.74, 6) is 1.70. The highest BCUT2D eigenvalue weighted by atomic mass is 32.1. The fraction of sp³-hybridized carbons (Fsp3) is 0.375. The maximum atomic E-state index is 11.9. The molecular formula is C16H17N5O2S. The number of anilines is 1. The molecule has 0 aromatic carbocycles. The van der Waals surface area contributed by atoms with Crippen LogP contribution in [-0.4, -0.2) is 26.5 Å². The van der Waals surface area contributed by atoms with E-state index in [2.05, 4.69) is 32.2 Å². The van der Waals surface area contributed by atoms with Crippen LogP contribution in [0, 0.1) is 6.92 Å². The van der Waals surface area contributed by atoms with Crippen LogP contribution in [0.4, 0.5) is 5.82 Å². The Morgan fingerprint density at radius 2 is 2.12 bits per heavy atom. The third-order valence-corrected chi connectivity index (χ3v) is 5.43. The quantitative estimate of drug-likeness (QED) is 0.735. The Balaban J connectivity index is 1.84. The highest BCUT2D eigenvalue weighted by molar-refractivity contribution is 7.18. The van der Waals surface area contributed by atoms with Gasteiger partial charge in [0.15, 0.2) is 5.82 Å². The van der Waals surface area contributed by atoms with E-state index in [1.807, 2.05) is 6.92 Å². The molecule has 124 valence electrons. The van der Waals surface area contributed by atoms with E-state index >= 15 is 0 Å². The number of aryl methyl sites for hydroxylation is 2. The van der Waals surface area contributed by atoms with Gasteiger partial charge in [-0.05, 0) is 24.3 Å². The topological polar surface area (TPSA) is 94.7 Å². The van der Waals surface area contributed by atoms with Gasteiger partial charge in [-0.2, -0.15) is 0 Å². The first-order valence-electron chi connectivity index (χ1n) is 7.91. The van der Waals surface area contributed by atoms with Gasteiger partial charge in [-0.1, -0.05) is 6.92 Å². The van der Waals surface area contributed by atoms with Crippen molar-refractivity contribution in [3.05, 3.63) is 48.9 Å². The summed E-state index contributed by atoms with van der Waals surface area (Å²) >= 11 is 1.63. The van der Waals surface area contributed by atoms with Gasteiger partial charge in [-0.3, -0.25) is 9.78 Å². The molecule has 4 rings (SSSR count). The van der Waals surface area contributed by atoms with Crippen molar-refractivity contribution in [2.75, 3.05) is 11.4 Å². The molecule has 1 aliphatic heterocycles. The average Bonchev–Trinajstić information content (AvgIpc) is 2.94. The van der Waals surface area contributed by atoms with E-state index in [1.54, 1.807) is 11.3 Å². The van der Waals surface area contributed by atoms with E-state index < -0.39 is 5.69 Å². The number of aromatic nitrogens is 4. The Hall–Kier alpha value is -2.48. The summed E-state index contributed by atoms with van der Waals surface area (Å²) in [6.07, 6.45) is 1.35. The number of hydrogen-bond donors (Lipinski definition) is 2. The van der Waals surface area contributed by atoms with Crippen LogP contribution in [0.25, 0.3) is 10.2 Å². The van der Waals surface area contributed by atoms with Crippen molar-refractivity contribution in [1.29, 1.82) is 0 Å². The zero-order chi connectivity index (χ0) is 16.8. The van der Waals surface area contributed by atoms with Crippen LogP contribution in [0.3, 0.4) is 0 Å². The molecule has 0 saturated heterocycles. The van der Waals surface area contributed by atoms with Gasteiger partial charge < -0.3 is 9.88 Å². The first-order valence-corrected chi connectivity index (χ1v) is 8.78. The molecule has 4 heterocycles. The number of hydrogen-bond acceptors (Lipinski definition) is 6. The van der Waals surface area contributed by atoms with Gasteiger partial charge in [-0.15, -0.1) is 11.3 Å². The molecule has 3 aromatic rings. The van der Waals surface area contributed by atoms with Crippen LogP contribution in [0.5, 0.6) is 0 Å². The number of rotatable bonds is 2. The maximum Gasteiger partial charge on any atom is 0.325 e. The number of aromatic amines is 2. The molecule has 0 radical (unpaired) electrons. The average molecular weight is 343 g/mol. The Labute approximate surface area is 141 Å². The Bertz CT molecular complexity index is 1050. The number of thiophene rings is 1. The minimum Gasteiger partial charge on any atom is -0.349 e. The summed E-state index contributed by atoms with van der Waals surface area (Å²) in [6.45, 7) is 5.25. The third-order valence-electron chi connectivity index (χ3n) is 4.35. The van der Waals surface area contributed by atoms with Gasteiger partial charge >= 0.3 is 5.69 Å². The van der Waals surface area contributed by atoms with E-state index in [1.165, 1.54) is 0 Å². The molecule has 3 aromatic heterocycles. The molecule has 0 spiro atoms. The van der Waals surface area contributed by atoms with Crippen LogP contribution >= 0.6 is 11.3 Å². The number of fused-ring (bicyclic) bond motifs is 2. The fourth-order valence-corrected chi connectivity index (χ4v) is 4.10. The summed E-state index contributed by atoms with van der Waals surface area (Å²) in [6, 6.07) is 0. The Morgan fingerprint density at radius 1 is 1.29 bits per heavy atom. The number of H-pyrrole nitrogens is 2. The predicted molar refractivity (Wildman–Crippen MR) is 94.0 cm³/mol. The van der Waals surface area contributed by atoms with Crippen LogP contribution in [0.15, 0.2) is 15.0 Å². The molecule has 0 aliphatic carbocycles. The normalized spacial score (nSPS) is 14.2. The lowest BCUT2D eigenvalue weighted by molar-refractivity contribution is 0.682. The van der Waals surface area contributed by atoms with Crippen molar-refractivity contribution in [3.63, 3.8) is 0 Å². The molecule has 0 amide bonds. The van der Waals surface area contributed by atoms with E-state index in [-0.39, 0.29) is 5.56 Å². The molecule has 7 nitrogen and oxygen atoms in total. The monoisotopic (exact) mass is 343 g/mol. The van der Waals surface area contributed by atoms with Crippen LogP contribution in [0.1, 0.15) is 29.6 Å². The third kappa shape index (κ3) is 2.34. The molecule has 8 heteroatoms. The van der Waals surface area contributed by atoms with Crippen molar-refractivity contribution in [3.8, 4) is 0 Å². The van der Waals surface area contributed by atoms with Crippen molar-refractivity contribution in [1.82, 2.24) is 19.9 Å². The fourth-order valence-electron chi connectivity index (χ4n) is 3.09. The van der Waals surface area contributed by atoms with E-state index in [0.717, 1.165) is 33.8 Å². The summed E-state index contributed by atoms with van der Waals surface area (Å²) in [5.41, 5.74) is 2.72. The zero-order valence-electron chi connectivity index (χ0n) is 13.5. The first kappa shape index (κ1) is 15.1. The van der Waals surface area contributed by atoms with E-state index in [0.29, 0.717) is 30.8 Å². The molecule has 0 saturated carbocycles. The minimum absolute atomic E-state index is 0.289. The van der Waals surface area contributed by atoms with E-state index in [9.17, 15) is 9.59 Å². The van der Waals surface area contributed by atoms with E-state index in [4.69, 9.17) is 4.98 Å². The zero-order valence-corrected chi connectivity index (χ0v) is 14.3. The minimum atomic E-state index is -0.463. The maximum absolute atomic E-state index is 11.9. The molecule has 0 unspecified atom stereocenters. The lowest BCUT2D eigenvalue weighted by Crippen LogP contribution is -2.39. The summed E-state index contributed by atoms with van der Waals surface area (Å²) in [4.78, 5) is 40.0. The van der Waals surface area contributed by atoms with Crippen molar-refractivity contribution in [2.45, 2.75) is 33.2 Å². The van der Waals surface area contributed by atoms with Crippen molar-refractivity contribution >= 4 is 27.4 Å². The highest BCUT2D eigenvalue weighted by Crippen LogP contribution is 2.33. The SMILES string of the molecule is CCc1nc(N2CCc3c([nH]c(=O)[nH]c3=O)C2)c2scc(C)c2n1. The molecule has 0 fully saturated rings. The van der Waals surface area contributed by atoms with Crippen LogP contribution in [-0.2, 0) is 19.4 Å². The van der Waals surface area contributed by atoms with Crippen LogP contribution < -0.4 is 16.1 Å². The molecule has 0 atom stereocenters. The second kappa shape index (κ2) is 5.55. The summed E-state index contributed by atoms with van der Waals surface area (Å²) in [5, 5.41) is 2.09. The largest absolute Gasteiger partial charge is 0.349 e. The van der Waals surface area contributed by atoms with Gasteiger partial charge in [0.1, 0.15) is 5.82 Å². The molecule has 0 bridgehead atoms. The molecule has 24 heavy (non-hydrogen) atoms. The van der Waals surface area contributed by atoms with Gasteiger partial charge in [0, 0.05) is 24.2 Å². The molecule has 1 aliphatic rings. The van der Waals surface area contributed by atoms with Crippen molar-refractivity contribution in [2.24, 2.45) is 0 Å². The summed E-state index contributed by atoms with van der Waals surface area (Å²) in [7, 11) is 0.